The first kappa shape index (κ1) is 23.9. The highest BCUT2D eigenvalue weighted by atomic mass is 16.5. The quantitative estimate of drug-likeness (QED) is 0.235. The summed E-state index contributed by atoms with van der Waals surface area (Å²) in [5, 5.41) is 11.8. The van der Waals surface area contributed by atoms with Gasteiger partial charge < -0.3 is 30.6 Å². The number of morpholine rings is 1. The standard InChI is InChI=1S/C31H33N7O/c1-2-21(31-36-29-6-4-24(19-30(29)37-31)34-22-8-11-32-12-9-22)18-23(3-1)35-28-10-13-33-27-7-5-25(20-26(27)28)38-14-16-39-17-15-38/h1-7,10,13,18-20,22,32,34H,8-9,11-12,14-17H2,(H,33,35)(H,36,37). The number of pyridine rings is 1. The fourth-order valence-electron chi connectivity index (χ4n) is 5.60. The maximum Gasteiger partial charge on any atom is 0.138 e. The molecule has 0 unspecified atom stereocenters. The Kier molecular flexibility index (Phi) is 6.48. The molecule has 8 heteroatoms. The lowest BCUT2D eigenvalue weighted by molar-refractivity contribution is 0.122. The first-order valence-electron chi connectivity index (χ1n) is 13.8. The van der Waals surface area contributed by atoms with Crippen molar-refractivity contribution in [3.05, 3.63) is 72.9 Å². The number of ether oxygens (including phenoxy) is 1. The van der Waals surface area contributed by atoms with Crippen LogP contribution < -0.4 is 20.9 Å². The molecule has 0 radical (unpaired) electrons. The lowest BCUT2D eigenvalue weighted by Crippen LogP contribution is -2.36. The van der Waals surface area contributed by atoms with Gasteiger partial charge in [0.15, 0.2) is 0 Å². The van der Waals surface area contributed by atoms with Crippen molar-refractivity contribution in [1.29, 1.82) is 0 Å². The Morgan fingerprint density at radius 2 is 1.77 bits per heavy atom. The number of H-pyrrole nitrogens is 1. The average Bonchev–Trinajstić information content (AvgIpc) is 3.42. The maximum absolute atomic E-state index is 5.54. The smallest absolute Gasteiger partial charge is 0.138 e. The molecule has 39 heavy (non-hydrogen) atoms. The molecule has 198 valence electrons. The van der Waals surface area contributed by atoms with Crippen LogP contribution in [0.1, 0.15) is 12.8 Å². The van der Waals surface area contributed by atoms with Crippen LogP contribution in [0.15, 0.2) is 72.9 Å². The van der Waals surface area contributed by atoms with E-state index >= 15 is 0 Å². The highest BCUT2D eigenvalue weighted by Gasteiger charge is 2.15. The van der Waals surface area contributed by atoms with Gasteiger partial charge in [0.1, 0.15) is 5.82 Å². The fraction of sp³-hybridized carbons (Fsp3) is 0.290. The topological polar surface area (TPSA) is 90.1 Å². The van der Waals surface area contributed by atoms with Crippen molar-refractivity contribution in [2.24, 2.45) is 0 Å². The lowest BCUT2D eigenvalue weighted by Gasteiger charge is -2.29. The summed E-state index contributed by atoms with van der Waals surface area (Å²) in [6.07, 6.45) is 4.15. The predicted molar refractivity (Wildman–Crippen MR) is 159 cm³/mol. The first-order chi connectivity index (χ1) is 19.3. The highest BCUT2D eigenvalue weighted by molar-refractivity contribution is 5.95. The summed E-state index contributed by atoms with van der Waals surface area (Å²) in [6.45, 7) is 5.48. The van der Waals surface area contributed by atoms with E-state index in [1.165, 1.54) is 5.69 Å². The number of hydrogen-bond acceptors (Lipinski definition) is 7. The molecule has 2 saturated heterocycles. The molecule has 2 aliphatic rings. The van der Waals surface area contributed by atoms with Gasteiger partial charge in [-0.3, -0.25) is 4.98 Å². The number of rotatable bonds is 6. The second-order valence-electron chi connectivity index (χ2n) is 10.4. The molecular formula is C31H33N7O. The van der Waals surface area contributed by atoms with E-state index < -0.39 is 0 Å². The molecule has 0 spiro atoms. The molecule has 5 aromatic rings. The van der Waals surface area contributed by atoms with Crippen LogP contribution >= 0.6 is 0 Å². The molecule has 0 saturated carbocycles. The Bertz CT molecular complexity index is 1600. The van der Waals surface area contributed by atoms with Crippen molar-refractivity contribution in [3.8, 4) is 11.4 Å². The summed E-state index contributed by atoms with van der Waals surface area (Å²) in [5.41, 5.74) is 8.38. The Morgan fingerprint density at radius 1 is 0.872 bits per heavy atom. The summed E-state index contributed by atoms with van der Waals surface area (Å²) < 4.78 is 5.54. The van der Waals surface area contributed by atoms with Crippen molar-refractivity contribution >= 4 is 44.7 Å². The van der Waals surface area contributed by atoms with Crippen LogP contribution in [0, 0.1) is 0 Å². The molecule has 0 bridgehead atoms. The van der Waals surface area contributed by atoms with Gasteiger partial charge in [0, 0.05) is 59.0 Å². The number of nitrogens with one attached hydrogen (secondary N) is 4. The van der Waals surface area contributed by atoms with Crippen LogP contribution in [0.25, 0.3) is 33.3 Å². The second-order valence-corrected chi connectivity index (χ2v) is 10.4. The number of fused-ring (bicyclic) bond motifs is 2. The number of hydrogen-bond donors (Lipinski definition) is 4. The van der Waals surface area contributed by atoms with Crippen LogP contribution in [-0.2, 0) is 4.74 Å². The normalized spacial score (nSPS) is 16.6. The maximum atomic E-state index is 5.54. The predicted octanol–water partition coefficient (Wildman–Crippen LogP) is 5.52. The number of benzene rings is 3. The van der Waals surface area contributed by atoms with Gasteiger partial charge in [0.05, 0.1) is 29.8 Å². The van der Waals surface area contributed by atoms with E-state index in [1.807, 2.05) is 12.3 Å². The highest BCUT2D eigenvalue weighted by Crippen LogP contribution is 2.31. The third-order valence-electron chi connectivity index (χ3n) is 7.71. The molecule has 0 amide bonds. The Labute approximate surface area is 227 Å². The van der Waals surface area contributed by atoms with E-state index in [0.717, 1.165) is 103 Å². The Hall–Kier alpha value is -4.14. The summed E-state index contributed by atoms with van der Waals surface area (Å²) >= 11 is 0. The molecule has 2 aromatic heterocycles. The van der Waals surface area contributed by atoms with Crippen LogP contribution in [0.4, 0.5) is 22.7 Å². The van der Waals surface area contributed by atoms with E-state index in [0.29, 0.717) is 6.04 Å². The molecule has 4 N–H and O–H groups in total. The average molecular weight is 520 g/mol. The van der Waals surface area contributed by atoms with Gasteiger partial charge in [0.25, 0.3) is 0 Å². The molecule has 2 aliphatic heterocycles. The van der Waals surface area contributed by atoms with E-state index in [4.69, 9.17) is 9.72 Å². The largest absolute Gasteiger partial charge is 0.382 e. The SMILES string of the molecule is c1cc(Nc2ccnc3ccc(N4CCOCC4)cc23)cc(-c2nc3cc(NC4CCNCC4)ccc3[nH]2)c1. The minimum atomic E-state index is 0.513. The molecule has 2 fully saturated rings. The number of piperidine rings is 1. The van der Waals surface area contributed by atoms with Gasteiger partial charge in [-0.2, -0.15) is 0 Å². The number of aromatic nitrogens is 3. The Balaban J connectivity index is 1.14. The fourth-order valence-corrected chi connectivity index (χ4v) is 5.60. The zero-order valence-corrected chi connectivity index (χ0v) is 21.9. The molecule has 0 aliphatic carbocycles. The van der Waals surface area contributed by atoms with Crippen LogP contribution in [0.5, 0.6) is 0 Å². The molecule has 8 nitrogen and oxygen atoms in total. The van der Waals surface area contributed by atoms with Gasteiger partial charge in [0.2, 0.25) is 0 Å². The first-order valence-corrected chi connectivity index (χ1v) is 13.8. The van der Waals surface area contributed by atoms with Gasteiger partial charge >= 0.3 is 0 Å². The van der Waals surface area contributed by atoms with Crippen LogP contribution in [0.3, 0.4) is 0 Å². The third kappa shape index (κ3) is 5.13. The van der Waals surface area contributed by atoms with Gasteiger partial charge in [-0.05, 0) is 80.5 Å². The molecule has 4 heterocycles. The monoisotopic (exact) mass is 519 g/mol. The zero-order valence-electron chi connectivity index (χ0n) is 21.9. The Morgan fingerprint density at radius 3 is 2.67 bits per heavy atom. The summed E-state index contributed by atoms with van der Waals surface area (Å²) in [6, 6.07) is 23.8. The molecule has 7 rings (SSSR count). The second kappa shape index (κ2) is 10.6. The van der Waals surface area contributed by atoms with Crippen molar-refractivity contribution in [1.82, 2.24) is 20.3 Å². The van der Waals surface area contributed by atoms with E-state index in [2.05, 4.69) is 91.5 Å². The van der Waals surface area contributed by atoms with Crippen LogP contribution in [0.2, 0.25) is 0 Å². The summed E-state index contributed by atoms with van der Waals surface area (Å²) in [7, 11) is 0. The van der Waals surface area contributed by atoms with Crippen molar-refractivity contribution in [3.63, 3.8) is 0 Å². The van der Waals surface area contributed by atoms with E-state index in [1.54, 1.807) is 0 Å². The van der Waals surface area contributed by atoms with Crippen molar-refractivity contribution < 1.29 is 4.74 Å². The zero-order chi connectivity index (χ0) is 26.0. The molecule has 0 atom stereocenters. The minimum absolute atomic E-state index is 0.513. The number of aromatic amines is 1. The number of anilines is 4. The molecular weight excluding hydrogens is 486 g/mol. The van der Waals surface area contributed by atoms with Crippen LogP contribution in [-0.4, -0.2) is 60.4 Å². The summed E-state index contributed by atoms with van der Waals surface area (Å²) in [5.74, 6) is 0.863. The van der Waals surface area contributed by atoms with E-state index in [-0.39, 0.29) is 0 Å². The lowest BCUT2D eigenvalue weighted by atomic mass is 10.1. The minimum Gasteiger partial charge on any atom is -0.382 e. The van der Waals surface area contributed by atoms with E-state index in [9.17, 15) is 0 Å². The van der Waals surface area contributed by atoms with Crippen molar-refractivity contribution in [2.45, 2.75) is 18.9 Å². The third-order valence-corrected chi connectivity index (χ3v) is 7.71. The molecule has 3 aromatic carbocycles. The van der Waals surface area contributed by atoms with Crippen molar-refractivity contribution in [2.75, 3.05) is 54.9 Å². The van der Waals surface area contributed by atoms with Gasteiger partial charge in [-0.15, -0.1) is 0 Å². The van der Waals surface area contributed by atoms with Gasteiger partial charge in [-0.1, -0.05) is 12.1 Å². The summed E-state index contributed by atoms with van der Waals surface area (Å²) in [4.78, 5) is 15.4. The number of imidazole rings is 1. The number of nitrogens with zero attached hydrogens (tertiary/aromatic N) is 3. The van der Waals surface area contributed by atoms with Gasteiger partial charge in [-0.25, -0.2) is 4.98 Å².